The topological polar surface area (TPSA) is 58.9 Å². The summed E-state index contributed by atoms with van der Waals surface area (Å²) in [4.78, 5) is 0. The Morgan fingerprint density at radius 3 is 1.35 bits per heavy atom. The number of allylic oxidation sites excluding steroid dienone is 1. The van der Waals surface area contributed by atoms with Crippen molar-refractivity contribution in [2.24, 2.45) is 5.92 Å². The van der Waals surface area contributed by atoms with Crippen molar-refractivity contribution < 1.29 is 19.7 Å². The first kappa shape index (κ1) is 38.0. The van der Waals surface area contributed by atoms with Gasteiger partial charge in [0.25, 0.3) is 0 Å². The predicted octanol–water partition coefficient (Wildman–Crippen LogP) is 13.1. The summed E-state index contributed by atoms with van der Waals surface area (Å²) < 4.78 is 13.3. The molecule has 0 aliphatic rings. The summed E-state index contributed by atoms with van der Waals surface area (Å²) in [6.07, 6.45) is 8.90. The molecule has 6 rings (SSSR count). The van der Waals surface area contributed by atoms with Crippen LogP contribution in [0.1, 0.15) is 57.1 Å². The summed E-state index contributed by atoms with van der Waals surface area (Å²) in [5, 5.41) is 23.3. The van der Waals surface area contributed by atoms with E-state index < -0.39 is 0 Å². The second-order valence-electron chi connectivity index (χ2n) is 14.0. The molecular weight excluding hydrogens is 665 g/mol. The SMILES string of the molecule is C=CCC(COc1ccc(CCCC)cc1-c1cccc(-c2ccccc2)c1O)COc1ccc(CCCC)cc1-c1cccc(-c2ccccc2)c1O. The summed E-state index contributed by atoms with van der Waals surface area (Å²) in [7, 11) is 0. The molecule has 4 heteroatoms. The number of para-hydroxylation sites is 2. The van der Waals surface area contributed by atoms with Gasteiger partial charge in [-0.05, 0) is 78.6 Å². The van der Waals surface area contributed by atoms with E-state index in [1.165, 1.54) is 11.1 Å². The summed E-state index contributed by atoms with van der Waals surface area (Å²) in [6.45, 7) is 9.23. The van der Waals surface area contributed by atoms with E-state index in [9.17, 15) is 10.2 Å². The number of unbranched alkanes of at least 4 members (excludes halogenated alkanes) is 2. The van der Waals surface area contributed by atoms with Crippen LogP contribution in [-0.4, -0.2) is 23.4 Å². The smallest absolute Gasteiger partial charge is 0.131 e. The Morgan fingerprint density at radius 1 is 0.519 bits per heavy atom. The molecule has 0 fully saturated rings. The van der Waals surface area contributed by atoms with Gasteiger partial charge in [0.1, 0.15) is 23.0 Å². The normalized spacial score (nSPS) is 11.1. The molecule has 0 radical (unpaired) electrons. The summed E-state index contributed by atoms with van der Waals surface area (Å²) in [5.41, 5.74) is 9.14. The highest BCUT2D eigenvalue weighted by atomic mass is 16.5. The lowest BCUT2D eigenvalue weighted by Crippen LogP contribution is -2.20. The van der Waals surface area contributed by atoms with Gasteiger partial charge in [0.05, 0.1) is 13.2 Å². The van der Waals surface area contributed by atoms with Gasteiger partial charge in [0.15, 0.2) is 0 Å². The Labute approximate surface area is 321 Å². The van der Waals surface area contributed by atoms with E-state index >= 15 is 0 Å². The number of hydrogen-bond acceptors (Lipinski definition) is 4. The molecule has 276 valence electrons. The third kappa shape index (κ3) is 9.24. The zero-order valence-electron chi connectivity index (χ0n) is 31.6. The summed E-state index contributed by atoms with van der Waals surface area (Å²) >= 11 is 0. The maximum atomic E-state index is 11.6. The van der Waals surface area contributed by atoms with Crippen LogP contribution in [-0.2, 0) is 12.8 Å². The number of rotatable bonds is 18. The van der Waals surface area contributed by atoms with Crippen molar-refractivity contribution in [1.29, 1.82) is 0 Å². The zero-order chi connectivity index (χ0) is 37.7. The Balaban J connectivity index is 1.28. The van der Waals surface area contributed by atoms with Crippen molar-refractivity contribution in [1.82, 2.24) is 0 Å². The molecule has 0 saturated carbocycles. The van der Waals surface area contributed by atoms with Crippen LogP contribution in [0.3, 0.4) is 0 Å². The maximum absolute atomic E-state index is 11.6. The highest BCUT2D eigenvalue weighted by molar-refractivity contribution is 5.86. The van der Waals surface area contributed by atoms with Gasteiger partial charge in [-0.25, -0.2) is 0 Å². The number of benzene rings is 6. The summed E-state index contributed by atoms with van der Waals surface area (Å²) in [5.74, 6) is 1.90. The van der Waals surface area contributed by atoms with E-state index in [0.29, 0.717) is 31.1 Å². The first-order valence-corrected chi connectivity index (χ1v) is 19.4. The Kier molecular flexibility index (Phi) is 13.3. The van der Waals surface area contributed by atoms with Gasteiger partial charge in [-0.15, -0.1) is 6.58 Å². The second-order valence-corrected chi connectivity index (χ2v) is 14.0. The largest absolute Gasteiger partial charge is 0.507 e. The number of phenolic OH excluding ortho intramolecular Hbond substituents is 2. The molecule has 0 saturated heterocycles. The molecule has 0 aliphatic carbocycles. The molecule has 6 aromatic carbocycles. The van der Waals surface area contributed by atoms with E-state index in [0.717, 1.165) is 83.0 Å². The van der Waals surface area contributed by atoms with E-state index in [1.807, 2.05) is 115 Å². The van der Waals surface area contributed by atoms with Gasteiger partial charge >= 0.3 is 0 Å². The van der Waals surface area contributed by atoms with E-state index in [1.54, 1.807) is 0 Å². The molecule has 4 nitrogen and oxygen atoms in total. The van der Waals surface area contributed by atoms with Crippen molar-refractivity contribution in [3.8, 4) is 67.5 Å². The fourth-order valence-corrected chi connectivity index (χ4v) is 6.96. The van der Waals surface area contributed by atoms with Gasteiger partial charge in [-0.1, -0.05) is 142 Å². The number of aromatic hydroxyl groups is 2. The van der Waals surface area contributed by atoms with Crippen molar-refractivity contribution in [3.05, 3.63) is 157 Å². The fourth-order valence-electron chi connectivity index (χ4n) is 6.96. The van der Waals surface area contributed by atoms with Gasteiger partial charge in [0.2, 0.25) is 0 Å². The first-order chi connectivity index (χ1) is 26.5. The van der Waals surface area contributed by atoms with Crippen LogP contribution in [0.15, 0.2) is 146 Å². The molecule has 0 atom stereocenters. The lowest BCUT2D eigenvalue weighted by molar-refractivity contribution is 0.179. The van der Waals surface area contributed by atoms with Crippen LogP contribution >= 0.6 is 0 Å². The third-order valence-corrected chi connectivity index (χ3v) is 10.00. The Bertz CT molecular complexity index is 1970. The van der Waals surface area contributed by atoms with Gasteiger partial charge < -0.3 is 19.7 Å². The van der Waals surface area contributed by atoms with Crippen LogP contribution in [0.25, 0.3) is 44.5 Å². The monoisotopic (exact) mass is 716 g/mol. The zero-order valence-corrected chi connectivity index (χ0v) is 31.6. The molecule has 0 aliphatic heterocycles. The lowest BCUT2D eigenvalue weighted by Gasteiger charge is -2.21. The summed E-state index contributed by atoms with van der Waals surface area (Å²) in [6, 6.07) is 44.4. The van der Waals surface area contributed by atoms with Gasteiger partial charge in [-0.2, -0.15) is 0 Å². The minimum absolute atomic E-state index is 0.00349. The third-order valence-electron chi connectivity index (χ3n) is 10.00. The van der Waals surface area contributed by atoms with Crippen molar-refractivity contribution >= 4 is 0 Å². The predicted molar refractivity (Wildman–Crippen MR) is 224 cm³/mol. The molecule has 0 aromatic heterocycles. The second kappa shape index (κ2) is 18.8. The van der Waals surface area contributed by atoms with E-state index in [-0.39, 0.29) is 17.4 Å². The molecule has 54 heavy (non-hydrogen) atoms. The van der Waals surface area contributed by atoms with Crippen molar-refractivity contribution in [3.63, 3.8) is 0 Å². The first-order valence-electron chi connectivity index (χ1n) is 19.4. The molecule has 0 heterocycles. The standard InChI is InChI=1S/C50H52O4/c1-4-7-18-36-28-30-47(45(32-36)43-26-15-24-41(49(43)51)39-20-11-9-12-21-39)53-34-38(17-6-3)35-54-48-31-29-37(19-8-5-2)33-46(48)44-27-16-25-42(50(44)52)40-22-13-10-14-23-40/h6,9-16,20-33,38,51-52H,3-5,7-8,17-19,34-35H2,1-2H3. The quantitative estimate of drug-likeness (QED) is 0.0870. The van der Waals surface area contributed by atoms with E-state index in [4.69, 9.17) is 9.47 Å². The van der Waals surface area contributed by atoms with Crippen molar-refractivity contribution in [2.75, 3.05) is 13.2 Å². The molecule has 0 unspecified atom stereocenters. The highest BCUT2D eigenvalue weighted by Crippen LogP contribution is 2.44. The molecular formula is C50H52O4. The molecule has 0 bridgehead atoms. The van der Waals surface area contributed by atoms with Crippen LogP contribution in [0.5, 0.6) is 23.0 Å². The fraction of sp³-hybridized carbons (Fsp3) is 0.240. The van der Waals surface area contributed by atoms with Crippen LogP contribution in [0, 0.1) is 5.92 Å². The van der Waals surface area contributed by atoms with Gasteiger partial charge in [0, 0.05) is 39.3 Å². The minimum Gasteiger partial charge on any atom is -0.507 e. The Morgan fingerprint density at radius 2 is 0.944 bits per heavy atom. The maximum Gasteiger partial charge on any atom is 0.131 e. The van der Waals surface area contributed by atoms with Crippen LogP contribution in [0.2, 0.25) is 0 Å². The average molecular weight is 717 g/mol. The lowest BCUT2D eigenvalue weighted by atomic mass is 9.94. The Hall–Kier alpha value is -5.74. The number of ether oxygens (including phenoxy) is 2. The molecule has 2 N–H and O–H groups in total. The average Bonchev–Trinajstić information content (AvgIpc) is 3.21. The molecule has 0 spiro atoms. The van der Waals surface area contributed by atoms with Crippen LogP contribution < -0.4 is 9.47 Å². The van der Waals surface area contributed by atoms with Crippen molar-refractivity contribution in [2.45, 2.75) is 58.8 Å². The highest BCUT2D eigenvalue weighted by Gasteiger charge is 2.20. The van der Waals surface area contributed by atoms with E-state index in [2.05, 4.69) is 44.7 Å². The number of aryl methyl sites for hydroxylation is 2. The minimum atomic E-state index is -0.00349. The number of hydrogen-bond donors (Lipinski definition) is 2. The molecule has 6 aromatic rings. The van der Waals surface area contributed by atoms with Gasteiger partial charge in [-0.3, -0.25) is 0 Å². The molecule has 0 amide bonds. The number of phenols is 2. The van der Waals surface area contributed by atoms with Crippen LogP contribution in [0.4, 0.5) is 0 Å².